The van der Waals surface area contributed by atoms with Crippen molar-refractivity contribution >= 4 is 5.91 Å². The van der Waals surface area contributed by atoms with Gasteiger partial charge in [0.2, 0.25) is 0 Å². The van der Waals surface area contributed by atoms with Gasteiger partial charge in [0.05, 0.1) is 11.4 Å². The first-order valence-electron chi connectivity index (χ1n) is 8.78. The minimum Gasteiger partial charge on any atom is -0.350 e. The van der Waals surface area contributed by atoms with Crippen LogP contribution in [0, 0.1) is 0 Å². The Morgan fingerprint density at radius 3 is 2.37 bits per heavy atom. The third kappa shape index (κ3) is 3.95. The van der Waals surface area contributed by atoms with Crippen LogP contribution in [0.3, 0.4) is 0 Å². The van der Waals surface area contributed by atoms with Gasteiger partial charge in [-0.1, -0.05) is 30.3 Å². The number of amides is 1. The third-order valence-electron chi connectivity index (χ3n) is 4.25. The van der Waals surface area contributed by atoms with Gasteiger partial charge in [-0.15, -0.1) is 0 Å². The van der Waals surface area contributed by atoms with E-state index in [1.54, 1.807) is 23.1 Å². The van der Waals surface area contributed by atoms with Gasteiger partial charge in [0.25, 0.3) is 5.91 Å². The molecule has 4 rings (SSSR count). The van der Waals surface area contributed by atoms with E-state index in [1.165, 1.54) is 0 Å². The molecule has 0 aliphatic heterocycles. The summed E-state index contributed by atoms with van der Waals surface area (Å²) in [7, 11) is 0. The van der Waals surface area contributed by atoms with E-state index in [-0.39, 0.29) is 5.91 Å². The van der Waals surface area contributed by atoms with Crippen molar-refractivity contribution in [2.24, 2.45) is 0 Å². The van der Waals surface area contributed by atoms with Gasteiger partial charge in [-0.25, -0.2) is 9.36 Å². The zero-order valence-corrected chi connectivity index (χ0v) is 14.7. The van der Waals surface area contributed by atoms with Gasteiger partial charge in [-0.2, -0.15) is 10.2 Å². The first-order valence-corrected chi connectivity index (χ1v) is 8.78. The number of hydrogen-bond donors (Lipinski definition) is 1. The van der Waals surface area contributed by atoms with Crippen LogP contribution in [0.5, 0.6) is 0 Å². The van der Waals surface area contributed by atoms with Crippen LogP contribution in [0.1, 0.15) is 16.1 Å². The maximum atomic E-state index is 12.3. The van der Waals surface area contributed by atoms with Crippen LogP contribution in [0.25, 0.3) is 11.4 Å². The molecule has 0 saturated heterocycles. The number of hydrogen-bond acceptors (Lipinski definition) is 3. The maximum absolute atomic E-state index is 12.3. The fourth-order valence-corrected chi connectivity index (χ4v) is 2.82. The van der Waals surface area contributed by atoms with Crippen LogP contribution in [0.2, 0.25) is 0 Å². The number of nitrogens with one attached hydrogen (secondary N) is 1. The highest BCUT2D eigenvalue weighted by molar-refractivity contribution is 5.92. The van der Waals surface area contributed by atoms with E-state index >= 15 is 0 Å². The Hall–Kier alpha value is -3.67. The van der Waals surface area contributed by atoms with Crippen LogP contribution >= 0.6 is 0 Å². The molecule has 0 radical (unpaired) electrons. The van der Waals surface area contributed by atoms with Gasteiger partial charge >= 0.3 is 0 Å². The Balaban J connectivity index is 1.31. The molecule has 1 N–H and O–H groups in total. The van der Waals surface area contributed by atoms with E-state index in [4.69, 9.17) is 0 Å². The summed E-state index contributed by atoms with van der Waals surface area (Å²) in [6.07, 6.45) is 6.20. The number of nitrogens with zero attached hydrogens (tertiary/aromatic N) is 4. The molecule has 0 fully saturated rings. The SMILES string of the molecule is O=C(NCCc1ccc(-n2cccn2)cc1)c1ccn(-c2ccccc2)n1. The molecule has 2 aromatic carbocycles. The van der Waals surface area contributed by atoms with E-state index in [1.807, 2.05) is 71.5 Å². The highest BCUT2D eigenvalue weighted by atomic mass is 16.1. The normalized spacial score (nSPS) is 10.7. The largest absolute Gasteiger partial charge is 0.350 e. The molecule has 27 heavy (non-hydrogen) atoms. The smallest absolute Gasteiger partial charge is 0.271 e. The summed E-state index contributed by atoms with van der Waals surface area (Å²) < 4.78 is 3.51. The summed E-state index contributed by atoms with van der Waals surface area (Å²) in [6.45, 7) is 0.554. The summed E-state index contributed by atoms with van der Waals surface area (Å²) in [5.41, 5.74) is 3.50. The predicted molar refractivity (Wildman–Crippen MR) is 103 cm³/mol. The number of carbonyl (C=O) groups is 1. The lowest BCUT2D eigenvalue weighted by atomic mass is 10.1. The highest BCUT2D eigenvalue weighted by Gasteiger charge is 2.09. The molecule has 6 heteroatoms. The Morgan fingerprint density at radius 2 is 1.63 bits per heavy atom. The average Bonchev–Trinajstić information content (AvgIpc) is 3.41. The number of aromatic nitrogens is 4. The molecule has 0 saturated carbocycles. The van der Waals surface area contributed by atoms with Gasteiger partial charge < -0.3 is 5.32 Å². The fourth-order valence-electron chi connectivity index (χ4n) is 2.82. The molecule has 4 aromatic rings. The van der Waals surface area contributed by atoms with Gasteiger partial charge in [-0.3, -0.25) is 4.79 Å². The quantitative estimate of drug-likeness (QED) is 0.577. The number of benzene rings is 2. The number of carbonyl (C=O) groups excluding carboxylic acids is 1. The molecule has 2 aromatic heterocycles. The summed E-state index contributed by atoms with van der Waals surface area (Å²) in [5.74, 6) is -0.169. The minimum absolute atomic E-state index is 0.169. The van der Waals surface area contributed by atoms with Crippen LogP contribution < -0.4 is 5.32 Å². The van der Waals surface area contributed by atoms with Crippen molar-refractivity contribution in [2.45, 2.75) is 6.42 Å². The Kier molecular flexibility index (Phi) is 4.78. The van der Waals surface area contributed by atoms with E-state index in [0.717, 1.165) is 23.4 Å². The summed E-state index contributed by atoms with van der Waals surface area (Å²) in [6, 6.07) is 21.5. The van der Waals surface area contributed by atoms with Gasteiger partial charge in [0, 0.05) is 25.1 Å². The van der Waals surface area contributed by atoms with E-state index in [0.29, 0.717) is 12.2 Å². The van der Waals surface area contributed by atoms with Crippen molar-refractivity contribution in [3.63, 3.8) is 0 Å². The number of rotatable bonds is 6. The second-order valence-electron chi connectivity index (χ2n) is 6.10. The maximum Gasteiger partial charge on any atom is 0.271 e. The van der Waals surface area contributed by atoms with Gasteiger partial charge in [0.1, 0.15) is 0 Å². The molecule has 134 valence electrons. The Morgan fingerprint density at radius 1 is 0.852 bits per heavy atom. The summed E-state index contributed by atoms with van der Waals surface area (Å²) in [5, 5.41) is 11.5. The monoisotopic (exact) mass is 357 g/mol. The lowest BCUT2D eigenvalue weighted by Gasteiger charge is -2.06. The third-order valence-corrected chi connectivity index (χ3v) is 4.25. The Bertz CT molecular complexity index is 1000. The molecule has 1 amide bonds. The fraction of sp³-hybridized carbons (Fsp3) is 0.0952. The number of para-hydroxylation sites is 1. The van der Waals surface area contributed by atoms with Crippen LogP contribution in [0.4, 0.5) is 0 Å². The molecule has 0 aliphatic carbocycles. The molecular weight excluding hydrogens is 338 g/mol. The standard InChI is InChI=1S/C21H19N5O/c27-21(20-12-16-26(24-20)18-5-2-1-3-6-18)22-14-11-17-7-9-19(10-8-17)25-15-4-13-23-25/h1-10,12-13,15-16H,11,14H2,(H,22,27). The lowest BCUT2D eigenvalue weighted by molar-refractivity contribution is 0.0948. The van der Waals surface area contributed by atoms with Gasteiger partial charge in [-0.05, 0) is 48.4 Å². The van der Waals surface area contributed by atoms with Crippen LogP contribution in [-0.2, 0) is 6.42 Å². The predicted octanol–water partition coefficient (Wildman–Crippen LogP) is 3.03. The van der Waals surface area contributed by atoms with Crippen molar-refractivity contribution in [1.82, 2.24) is 24.9 Å². The van der Waals surface area contributed by atoms with Crippen molar-refractivity contribution in [1.29, 1.82) is 0 Å². The Labute approximate surface area is 157 Å². The van der Waals surface area contributed by atoms with Crippen molar-refractivity contribution in [2.75, 3.05) is 6.54 Å². The van der Waals surface area contributed by atoms with Crippen molar-refractivity contribution in [3.8, 4) is 11.4 Å². The zero-order chi connectivity index (χ0) is 18.5. The van der Waals surface area contributed by atoms with E-state index in [2.05, 4.69) is 15.5 Å². The van der Waals surface area contributed by atoms with E-state index < -0.39 is 0 Å². The van der Waals surface area contributed by atoms with Crippen LogP contribution in [-0.4, -0.2) is 32.0 Å². The zero-order valence-electron chi connectivity index (χ0n) is 14.7. The molecule has 2 heterocycles. The first kappa shape index (κ1) is 16.8. The first-order chi connectivity index (χ1) is 13.3. The van der Waals surface area contributed by atoms with Crippen molar-refractivity contribution < 1.29 is 4.79 Å². The highest BCUT2D eigenvalue weighted by Crippen LogP contribution is 2.09. The topological polar surface area (TPSA) is 64.7 Å². The molecule has 0 bridgehead atoms. The molecule has 0 unspecified atom stereocenters. The molecule has 6 nitrogen and oxygen atoms in total. The van der Waals surface area contributed by atoms with Gasteiger partial charge in [0.15, 0.2) is 5.69 Å². The minimum atomic E-state index is -0.169. The second-order valence-corrected chi connectivity index (χ2v) is 6.10. The molecule has 0 aliphatic rings. The summed E-state index contributed by atoms with van der Waals surface area (Å²) in [4.78, 5) is 12.3. The molecule has 0 spiro atoms. The van der Waals surface area contributed by atoms with Crippen LogP contribution in [0.15, 0.2) is 85.3 Å². The molecule has 0 atom stereocenters. The second kappa shape index (κ2) is 7.70. The summed E-state index contributed by atoms with van der Waals surface area (Å²) >= 11 is 0. The lowest BCUT2D eigenvalue weighted by Crippen LogP contribution is -2.26. The van der Waals surface area contributed by atoms with Crippen molar-refractivity contribution in [3.05, 3.63) is 96.6 Å². The van der Waals surface area contributed by atoms with E-state index in [9.17, 15) is 4.79 Å². The molecular formula is C21H19N5O. The average molecular weight is 357 g/mol.